The van der Waals surface area contributed by atoms with E-state index in [1.54, 1.807) is 6.08 Å². The first kappa shape index (κ1) is 29.9. The number of carbonyl (C=O) groups is 1. The van der Waals surface area contributed by atoms with Crippen molar-refractivity contribution in [3.63, 3.8) is 0 Å². The number of hydrogen-bond acceptors (Lipinski definition) is 5. The summed E-state index contributed by atoms with van der Waals surface area (Å²) in [6.45, 7) is 6.97. The first-order chi connectivity index (χ1) is 19.8. The third-order valence-electron chi connectivity index (χ3n) is 8.32. The molecule has 1 amide bonds. The molecule has 1 saturated heterocycles. The minimum absolute atomic E-state index is 0.0562. The van der Waals surface area contributed by atoms with Crippen LogP contribution in [0, 0.1) is 0 Å². The molecule has 1 aliphatic heterocycles. The summed E-state index contributed by atoms with van der Waals surface area (Å²) in [5.41, 5.74) is 3.04. The van der Waals surface area contributed by atoms with Gasteiger partial charge in [-0.15, -0.1) is 0 Å². The number of aliphatic hydroxyl groups is 1. The molecule has 0 aromatic heterocycles. The van der Waals surface area contributed by atoms with Gasteiger partial charge in [0.25, 0.3) is 0 Å². The summed E-state index contributed by atoms with van der Waals surface area (Å²) in [6.07, 6.45) is -3.63. The Kier molecular flexibility index (Phi) is 8.00. The molecule has 6 nitrogen and oxygen atoms in total. The molecular formula is C32H33BF3NO5. The Labute approximate surface area is 243 Å². The van der Waals surface area contributed by atoms with Crippen LogP contribution in [0.4, 0.5) is 18.0 Å². The van der Waals surface area contributed by atoms with Gasteiger partial charge in [-0.3, -0.25) is 0 Å². The zero-order valence-electron chi connectivity index (χ0n) is 23.9. The molecule has 5 rings (SSSR count). The number of aliphatic hydroxyl groups excluding tert-OH is 1. The van der Waals surface area contributed by atoms with Crippen molar-refractivity contribution in [2.24, 2.45) is 0 Å². The number of carbonyl (C=O) groups excluding carboxylic acids is 1. The van der Waals surface area contributed by atoms with Crippen LogP contribution in [-0.4, -0.2) is 42.7 Å². The van der Waals surface area contributed by atoms with Crippen LogP contribution in [0.15, 0.2) is 72.2 Å². The van der Waals surface area contributed by atoms with Gasteiger partial charge < -0.3 is 24.5 Å². The lowest BCUT2D eigenvalue weighted by Crippen LogP contribution is -2.41. The highest BCUT2D eigenvalue weighted by Crippen LogP contribution is 2.44. The quantitative estimate of drug-likeness (QED) is 0.303. The van der Waals surface area contributed by atoms with Crippen molar-refractivity contribution in [1.29, 1.82) is 0 Å². The SMILES string of the molecule is CC1(C)OB(C(=Cc2ccc(C(F)(F)F)cc2CO)CNC(=O)OCC2c3ccccc3-c3ccccc32)OC1(C)C. The average molecular weight is 579 g/mol. The first-order valence-electron chi connectivity index (χ1n) is 13.8. The van der Waals surface area contributed by atoms with Gasteiger partial charge in [0, 0.05) is 12.5 Å². The molecule has 1 aliphatic carbocycles. The fourth-order valence-corrected chi connectivity index (χ4v) is 5.28. The van der Waals surface area contributed by atoms with E-state index in [4.69, 9.17) is 14.0 Å². The molecule has 220 valence electrons. The van der Waals surface area contributed by atoms with Gasteiger partial charge >= 0.3 is 19.4 Å². The topological polar surface area (TPSA) is 77.0 Å². The summed E-state index contributed by atoms with van der Waals surface area (Å²) in [7, 11) is -0.891. The van der Waals surface area contributed by atoms with Gasteiger partial charge in [0.1, 0.15) is 6.61 Å². The molecule has 0 spiro atoms. The molecular weight excluding hydrogens is 546 g/mol. The molecule has 0 atom stereocenters. The van der Waals surface area contributed by atoms with Crippen LogP contribution in [0.3, 0.4) is 0 Å². The second kappa shape index (κ2) is 11.2. The molecule has 2 aliphatic rings. The van der Waals surface area contributed by atoms with Crippen molar-refractivity contribution < 1.29 is 37.1 Å². The number of nitrogens with one attached hydrogen (secondary N) is 1. The number of ether oxygens (including phenoxy) is 1. The Bertz CT molecular complexity index is 1460. The van der Waals surface area contributed by atoms with Gasteiger partial charge in [-0.05, 0) is 78.7 Å². The first-order valence-corrected chi connectivity index (χ1v) is 13.8. The summed E-state index contributed by atoms with van der Waals surface area (Å²) < 4.78 is 57.8. The van der Waals surface area contributed by atoms with E-state index in [2.05, 4.69) is 17.4 Å². The molecule has 42 heavy (non-hydrogen) atoms. The van der Waals surface area contributed by atoms with E-state index < -0.39 is 42.8 Å². The molecule has 0 unspecified atom stereocenters. The van der Waals surface area contributed by atoms with E-state index >= 15 is 0 Å². The van der Waals surface area contributed by atoms with Crippen molar-refractivity contribution in [2.45, 2.75) is 57.6 Å². The van der Waals surface area contributed by atoms with Gasteiger partial charge in [0.05, 0.1) is 23.4 Å². The number of halogens is 3. The fourth-order valence-electron chi connectivity index (χ4n) is 5.28. The predicted octanol–water partition coefficient (Wildman–Crippen LogP) is 6.75. The van der Waals surface area contributed by atoms with Crippen molar-refractivity contribution in [2.75, 3.05) is 13.2 Å². The van der Waals surface area contributed by atoms with E-state index in [0.717, 1.165) is 34.4 Å². The third-order valence-corrected chi connectivity index (χ3v) is 8.32. The van der Waals surface area contributed by atoms with Crippen molar-refractivity contribution in [3.8, 4) is 11.1 Å². The lowest BCUT2D eigenvalue weighted by Gasteiger charge is -2.32. The van der Waals surface area contributed by atoms with Gasteiger partial charge in [0.2, 0.25) is 0 Å². The second-order valence-corrected chi connectivity index (χ2v) is 11.6. The van der Waals surface area contributed by atoms with Gasteiger partial charge in [-0.1, -0.05) is 60.7 Å². The second-order valence-electron chi connectivity index (χ2n) is 11.6. The molecule has 1 fully saturated rings. The lowest BCUT2D eigenvalue weighted by molar-refractivity contribution is -0.137. The number of amides is 1. The Balaban J connectivity index is 1.35. The summed E-state index contributed by atoms with van der Waals surface area (Å²) in [5, 5.41) is 12.6. The minimum atomic E-state index is -4.55. The van der Waals surface area contributed by atoms with E-state index in [9.17, 15) is 23.1 Å². The molecule has 10 heteroatoms. The zero-order valence-corrected chi connectivity index (χ0v) is 23.9. The van der Waals surface area contributed by atoms with Crippen molar-refractivity contribution in [1.82, 2.24) is 5.32 Å². The van der Waals surface area contributed by atoms with Gasteiger partial charge in [-0.2, -0.15) is 13.2 Å². The monoisotopic (exact) mass is 579 g/mol. The number of alkyl halides is 3. The average Bonchev–Trinajstić information content (AvgIpc) is 3.38. The Hall–Kier alpha value is -3.60. The zero-order chi connectivity index (χ0) is 30.3. The fraction of sp³-hybridized carbons (Fsp3) is 0.344. The maximum Gasteiger partial charge on any atom is 0.492 e. The Morgan fingerprint density at radius 3 is 2.10 bits per heavy atom. The highest BCUT2D eigenvalue weighted by molar-refractivity contribution is 6.56. The number of hydrogen-bond donors (Lipinski definition) is 2. The summed E-state index contributed by atoms with van der Waals surface area (Å²) in [4.78, 5) is 12.9. The standard InChI is InChI=1S/C32H33BF3NO5/c1-30(2)31(3,4)42-33(41-30)23(16-20-13-14-22(32(34,35)36)15-21(20)18-38)17-37-29(39)40-19-28-26-11-7-5-9-24(26)25-10-6-8-12-27(25)28/h5-16,28,38H,17-19H2,1-4H3,(H,37,39). The van der Waals surface area contributed by atoms with Crippen LogP contribution in [0.5, 0.6) is 0 Å². The Morgan fingerprint density at radius 2 is 1.55 bits per heavy atom. The van der Waals surface area contributed by atoms with E-state index in [0.29, 0.717) is 11.0 Å². The summed E-state index contributed by atoms with van der Waals surface area (Å²) in [6, 6.07) is 19.2. The van der Waals surface area contributed by atoms with Crippen LogP contribution in [-0.2, 0) is 26.8 Å². The van der Waals surface area contributed by atoms with Crippen LogP contribution >= 0.6 is 0 Å². The molecule has 0 bridgehead atoms. The van der Waals surface area contributed by atoms with E-state index in [1.165, 1.54) is 6.07 Å². The van der Waals surface area contributed by atoms with Crippen LogP contribution in [0.1, 0.15) is 61.4 Å². The maximum absolute atomic E-state index is 13.3. The number of fused-ring (bicyclic) bond motifs is 3. The molecule has 3 aromatic carbocycles. The molecule has 2 N–H and O–H groups in total. The highest BCUT2D eigenvalue weighted by Gasteiger charge is 2.52. The molecule has 0 saturated carbocycles. The molecule has 3 aromatic rings. The predicted molar refractivity (Wildman–Crippen MR) is 154 cm³/mol. The Morgan fingerprint density at radius 1 is 0.976 bits per heavy atom. The summed E-state index contributed by atoms with van der Waals surface area (Å²) >= 11 is 0. The number of rotatable bonds is 7. The number of alkyl carbamates (subject to hydrolysis) is 1. The van der Waals surface area contributed by atoms with Crippen LogP contribution in [0.2, 0.25) is 0 Å². The van der Waals surface area contributed by atoms with E-state index in [1.807, 2.05) is 64.1 Å². The largest absolute Gasteiger partial charge is 0.492 e. The summed E-state index contributed by atoms with van der Waals surface area (Å²) in [5.74, 6) is -0.111. The van der Waals surface area contributed by atoms with Crippen LogP contribution in [0.25, 0.3) is 17.2 Å². The maximum atomic E-state index is 13.3. The van der Waals surface area contributed by atoms with Crippen molar-refractivity contribution >= 4 is 19.3 Å². The van der Waals surface area contributed by atoms with Gasteiger partial charge in [-0.25, -0.2) is 4.79 Å². The van der Waals surface area contributed by atoms with Crippen LogP contribution < -0.4 is 5.32 Å². The van der Waals surface area contributed by atoms with E-state index in [-0.39, 0.29) is 24.6 Å². The number of benzene rings is 3. The lowest BCUT2D eigenvalue weighted by atomic mass is 9.76. The smallest absolute Gasteiger partial charge is 0.449 e. The van der Waals surface area contributed by atoms with Crippen molar-refractivity contribution in [3.05, 3.63) is 100 Å². The minimum Gasteiger partial charge on any atom is -0.449 e. The molecule has 0 radical (unpaired) electrons. The highest BCUT2D eigenvalue weighted by atomic mass is 19.4. The van der Waals surface area contributed by atoms with Gasteiger partial charge in [0.15, 0.2) is 0 Å². The molecule has 1 heterocycles. The normalized spacial score (nSPS) is 17.6. The third kappa shape index (κ3) is 5.84.